The number of hydrogen-bond acceptors (Lipinski definition) is 4. The maximum Gasteiger partial charge on any atom is 0.269 e. The first-order valence-corrected chi connectivity index (χ1v) is 10.5. The molecule has 0 spiro atoms. The van der Waals surface area contributed by atoms with Crippen LogP contribution < -0.4 is 5.56 Å². The van der Waals surface area contributed by atoms with Crippen molar-refractivity contribution in [2.75, 3.05) is 0 Å². The molecule has 0 amide bonds. The molecule has 152 valence electrons. The zero-order chi connectivity index (χ0) is 21.8. The molecular formula is C24H16IN3O3. The summed E-state index contributed by atoms with van der Waals surface area (Å²) < 4.78 is 2.46. The van der Waals surface area contributed by atoms with Gasteiger partial charge in [0.25, 0.3) is 11.2 Å². The van der Waals surface area contributed by atoms with Crippen molar-refractivity contribution in [1.82, 2.24) is 9.55 Å². The summed E-state index contributed by atoms with van der Waals surface area (Å²) in [7, 11) is 0. The molecule has 0 N–H and O–H groups in total. The normalized spacial score (nSPS) is 11.5. The van der Waals surface area contributed by atoms with Gasteiger partial charge in [-0.2, -0.15) is 0 Å². The minimum absolute atomic E-state index is 0.0262. The molecule has 3 aromatic carbocycles. The summed E-state index contributed by atoms with van der Waals surface area (Å²) in [5.74, 6) is 0.462. The molecule has 4 rings (SSSR count). The number of nitro benzene ring substituents is 1. The van der Waals surface area contributed by atoms with Gasteiger partial charge in [-0.1, -0.05) is 36.4 Å². The number of non-ortho nitro benzene ring substituents is 1. The van der Waals surface area contributed by atoms with Crippen LogP contribution >= 0.6 is 22.6 Å². The highest BCUT2D eigenvalue weighted by atomic mass is 127. The van der Waals surface area contributed by atoms with Gasteiger partial charge in [0.1, 0.15) is 5.82 Å². The van der Waals surface area contributed by atoms with E-state index in [1.807, 2.05) is 54.6 Å². The number of hydrogen-bond donors (Lipinski definition) is 0. The monoisotopic (exact) mass is 521 g/mol. The summed E-state index contributed by atoms with van der Waals surface area (Å²) >= 11 is 2.17. The Labute approximate surface area is 191 Å². The van der Waals surface area contributed by atoms with Gasteiger partial charge in [0.05, 0.1) is 15.8 Å². The van der Waals surface area contributed by atoms with E-state index in [-0.39, 0.29) is 11.2 Å². The molecule has 1 aromatic heterocycles. The van der Waals surface area contributed by atoms with Crippen LogP contribution in [0.15, 0.2) is 77.6 Å². The second-order valence-electron chi connectivity index (χ2n) is 6.72. The summed E-state index contributed by atoms with van der Waals surface area (Å²) in [6, 6.07) is 21.4. The Bertz CT molecular complexity index is 1380. The van der Waals surface area contributed by atoms with E-state index in [1.54, 1.807) is 30.5 Å². The van der Waals surface area contributed by atoms with Crippen molar-refractivity contribution in [1.29, 1.82) is 0 Å². The van der Waals surface area contributed by atoms with Gasteiger partial charge in [0.2, 0.25) is 0 Å². The summed E-state index contributed by atoms with van der Waals surface area (Å²) in [4.78, 5) is 28.3. The highest BCUT2D eigenvalue weighted by molar-refractivity contribution is 14.1. The first-order valence-electron chi connectivity index (χ1n) is 9.39. The van der Waals surface area contributed by atoms with Crippen molar-refractivity contribution in [3.05, 3.63) is 114 Å². The highest BCUT2D eigenvalue weighted by Crippen LogP contribution is 2.17. The Kier molecular flexibility index (Phi) is 6.03. The maximum absolute atomic E-state index is 13.2. The van der Waals surface area contributed by atoms with Crippen LogP contribution in [0.5, 0.6) is 0 Å². The standard InChI is InChI=1S/C24H16IN3O3/c25-19-9-12-22-21(16-19)24(29)27(15-14-17-4-2-1-3-5-17)23(26-22)13-8-18-6-10-20(11-7-18)28(30)31/h1-16H/b13-8+,15-14?. The molecule has 6 nitrogen and oxygen atoms in total. The zero-order valence-electron chi connectivity index (χ0n) is 16.2. The molecule has 0 bridgehead atoms. The van der Waals surface area contributed by atoms with Crippen molar-refractivity contribution >= 4 is 63.6 Å². The molecule has 0 saturated heterocycles. The van der Waals surface area contributed by atoms with Gasteiger partial charge < -0.3 is 0 Å². The Balaban J connectivity index is 1.80. The van der Waals surface area contributed by atoms with Gasteiger partial charge >= 0.3 is 0 Å². The van der Waals surface area contributed by atoms with E-state index in [0.717, 1.165) is 14.7 Å². The van der Waals surface area contributed by atoms with Gasteiger partial charge in [-0.3, -0.25) is 19.5 Å². The lowest BCUT2D eigenvalue weighted by atomic mass is 10.2. The molecule has 1 heterocycles. The van der Waals surface area contributed by atoms with E-state index in [9.17, 15) is 14.9 Å². The molecule has 0 aliphatic heterocycles. The summed E-state index contributed by atoms with van der Waals surface area (Å²) in [5.41, 5.74) is 2.19. The van der Waals surface area contributed by atoms with Crippen LogP contribution in [0.1, 0.15) is 17.0 Å². The number of benzene rings is 3. The fraction of sp³-hybridized carbons (Fsp3) is 0. The summed E-state index contributed by atoms with van der Waals surface area (Å²) in [6.45, 7) is 0. The Morgan fingerprint density at radius 2 is 1.61 bits per heavy atom. The minimum atomic E-state index is -0.439. The molecule has 0 aliphatic carbocycles. The van der Waals surface area contributed by atoms with E-state index >= 15 is 0 Å². The van der Waals surface area contributed by atoms with Crippen molar-refractivity contribution in [2.45, 2.75) is 0 Å². The molecule has 0 saturated carbocycles. The average molecular weight is 521 g/mol. The predicted octanol–water partition coefficient (Wildman–Crippen LogP) is 5.71. The van der Waals surface area contributed by atoms with Crippen LogP contribution in [-0.2, 0) is 0 Å². The largest absolute Gasteiger partial charge is 0.269 e. The lowest BCUT2D eigenvalue weighted by molar-refractivity contribution is -0.384. The van der Waals surface area contributed by atoms with Crippen LogP contribution in [-0.4, -0.2) is 14.5 Å². The average Bonchev–Trinajstić information content (AvgIpc) is 2.78. The Morgan fingerprint density at radius 1 is 0.903 bits per heavy atom. The smallest absolute Gasteiger partial charge is 0.268 e. The lowest BCUT2D eigenvalue weighted by Crippen LogP contribution is -2.19. The third-order valence-corrected chi connectivity index (χ3v) is 5.31. The van der Waals surface area contributed by atoms with E-state index in [2.05, 4.69) is 27.6 Å². The van der Waals surface area contributed by atoms with E-state index in [4.69, 9.17) is 0 Å². The van der Waals surface area contributed by atoms with Crippen LogP contribution in [0, 0.1) is 13.7 Å². The summed E-state index contributed by atoms with van der Waals surface area (Å²) in [5, 5.41) is 11.4. The van der Waals surface area contributed by atoms with Gasteiger partial charge in [-0.25, -0.2) is 4.98 Å². The number of halogens is 1. The minimum Gasteiger partial charge on any atom is -0.268 e. The predicted molar refractivity (Wildman–Crippen MR) is 132 cm³/mol. The van der Waals surface area contributed by atoms with E-state index < -0.39 is 4.92 Å². The number of nitro groups is 1. The van der Waals surface area contributed by atoms with Gasteiger partial charge in [0.15, 0.2) is 0 Å². The molecule has 4 aromatic rings. The lowest BCUT2D eigenvalue weighted by Gasteiger charge is -2.07. The van der Waals surface area contributed by atoms with Crippen molar-refractivity contribution in [2.24, 2.45) is 0 Å². The van der Waals surface area contributed by atoms with Crippen LogP contribution in [0.2, 0.25) is 0 Å². The fourth-order valence-electron chi connectivity index (χ4n) is 3.05. The second-order valence-corrected chi connectivity index (χ2v) is 7.96. The van der Waals surface area contributed by atoms with Gasteiger partial charge in [-0.15, -0.1) is 0 Å². The molecule has 0 unspecified atom stereocenters. The topological polar surface area (TPSA) is 78.0 Å². The van der Waals surface area contributed by atoms with Gasteiger partial charge in [0, 0.05) is 21.9 Å². The first-order chi connectivity index (χ1) is 15.0. The van der Waals surface area contributed by atoms with Crippen molar-refractivity contribution in [3.8, 4) is 0 Å². The molecule has 0 fully saturated rings. The maximum atomic E-state index is 13.2. The van der Waals surface area contributed by atoms with Crippen LogP contribution in [0.3, 0.4) is 0 Å². The number of nitrogens with zero attached hydrogens (tertiary/aromatic N) is 3. The first kappa shape index (κ1) is 20.7. The number of rotatable bonds is 5. The Morgan fingerprint density at radius 3 is 2.32 bits per heavy atom. The summed E-state index contributed by atoms with van der Waals surface area (Å²) in [6.07, 6.45) is 7.07. The van der Waals surface area contributed by atoms with Gasteiger partial charge in [-0.05, 0) is 76.2 Å². The SMILES string of the molecule is O=c1c2cc(I)ccc2nc(/C=C/c2ccc([N+](=O)[O-])cc2)n1C=Cc1ccccc1. The molecule has 0 atom stereocenters. The fourth-order valence-corrected chi connectivity index (χ4v) is 3.54. The second kappa shape index (κ2) is 9.05. The van der Waals surface area contributed by atoms with Crippen LogP contribution in [0.4, 0.5) is 5.69 Å². The number of fused-ring (bicyclic) bond motifs is 1. The molecule has 0 aliphatic rings. The Hall–Kier alpha value is -3.59. The van der Waals surface area contributed by atoms with Crippen LogP contribution in [0.25, 0.3) is 35.3 Å². The third-order valence-electron chi connectivity index (χ3n) is 4.63. The highest BCUT2D eigenvalue weighted by Gasteiger charge is 2.09. The quantitative estimate of drug-likeness (QED) is 0.192. The molecule has 7 heteroatoms. The van der Waals surface area contributed by atoms with Crippen molar-refractivity contribution < 1.29 is 4.92 Å². The van der Waals surface area contributed by atoms with E-state index in [0.29, 0.717) is 16.7 Å². The molecule has 31 heavy (non-hydrogen) atoms. The third kappa shape index (κ3) is 4.77. The zero-order valence-corrected chi connectivity index (χ0v) is 18.3. The van der Waals surface area contributed by atoms with E-state index in [1.165, 1.54) is 16.7 Å². The van der Waals surface area contributed by atoms with Crippen molar-refractivity contribution in [3.63, 3.8) is 0 Å². The number of aromatic nitrogens is 2. The molecule has 0 radical (unpaired) electrons. The molecular weight excluding hydrogens is 505 g/mol.